The van der Waals surface area contributed by atoms with Crippen molar-refractivity contribution in [3.8, 4) is 0 Å². The Kier molecular flexibility index (Phi) is 3.45. The first-order valence-electron chi connectivity index (χ1n) is 9.40. The second-order valence-corrected chi connectivity index (χ2v) is 10.0. The molecule has 1 heterocycles. The lowest BCUT2D eigenvalue weighted by Crippen LogP contribution is -2.56. The fraction of sp³-hybridized carbons (Fsp3) is 0.895. The van der Waals surface area contributed by atoms with Gasteiger partial charge in [-0.3, -0.25) is 0 Å². The SMILES string of the molecule is CC(=C(F)B1OC(C)(C)C(C)(C)O1)C12CC3CC(CC(O)(C3)C1)C2. The number of hydrogen-bond donors (Lipinski definition) is 1. The third-order valence-electron chi connectivity index (χ3n) is 7.64. The number of hydrogen-bond acceptors (Lipinski definition) is 3. The van der Waals surface area contributed by atoms with Crippen LogP contribution in [0.2, 0.25) is 0 Å². The van der Waals surface area contributed by atoms with Crippen LogP contribution in [0.5, 0.6) is 0 Å². The Hall–Kier alpha value is -0.385. The van der Waals surface area contributed by atoms with Crippen LogP contribution in [0.25, 0.3) is 0 Å². The summed E-state index contributed by atoms with van der Waals surface area (Å²) in [6.07, 6.45) is 5.71. The Bertz CT molecular complexity index is 567. The molecule has 5 fully saturated rings. The molecule has 4 saturated carbocycles. The lowest BCUT2D eigenvalue weighted by molar-refractivity contribution is -0.151. The Balaban J connectivity index is 1.65. The average Bonchev–Trinajstić information content (AvgIpc) is 2.63. The molecule has 134 valence electrons. The van der Waals surface area contributed by atoms with Crippen LogP contribution in [0.4, 0.5) is 4.39 Å². The normalized spacial score (nSPS) is 46.4. The zero-order valence-corrected chi connectivity index (χ0v) is 15.6. The van der Waals surface area contributed by atoms with E-state index < -0.39 is 23.9 Å². The summed E-state index contributed by atoms with van der Waals surface area (Å²) in [6, 6.07) is 0. The smallest absolute Gasteiger partial charge is 0.398 e. The Morgan fingerprint density at radius 1 is 1.00 bits per heavy atom. The molecular weight excluding hydrogens is 306 g/mol. The first-order chi connectivity index (χ1) is 11.0. The highest BCUT2D eigenvalue weighted by Crippen LogP contribution is 2.64. The van der Waals surface area contributed by atoms with E-state index in [4.69, 9.17) is 9.31 Å². The van der Waals surface area contributed by atoms with Crippen molar-refractivity contribution in [3.63, 3.8) is 0 Å². The van der Waals surface area contributed by atoms with E-state index in [1.165, 1.54) is 6.42 Å². The molecule has 2 atom stereocenters. The van der Waals surface area contributed by atoms with E-state index in [9.17, 15) is 5.11 Å². The fourth-order valence-electron chi connectivity index (χ4n) is 6.03. The molecule has 5 rings (SSSR count). The highest BCUT2D eigenvalue weighted by Gasteiger charge is 2.60. The first kappa shape index (κ1) is 17.1. The van der Waals surface area contributed by atoms with E-state index >= 15 is 4.39 Å². The van der Waals surface area contributed by atoms with Gasteiger partial charge in [0.15, 0.2) is 0 Å². The van der Waals surface area contributed by atoms with Crippen molar-refractivity contribution in [2.24, 2.45) is 17.3 Å². The Labute approximate surface area is 145 Å². The van der Waals surface area contributed by atoms with Gasteiger partial charge in [-0.05, 0) is 96.0 Å². The highest BCUT2D eigenvalue weighted by molar-refractivity contribution is 6.53. The molecule has 5 heteroatoms. The monoisotopic (exact) mass is 336 g/mol. The quantitative estimate of drug-likeness (QED) is 0.769. The minimum Gasteiger partial charge on any atom is -0.398 e. The van der Waals surface area contributed by atoms with Crippen LogP contribution < -0.4 is 0 Å². The maximum atomic E-state index is 15.4. The third kappa shape index (κ3) is 2.34. The van der Waals surface area contributed by atoms with E-state index in [0.717, 1.165) is 31.3 Å². The summed E-state index contributed by atoms with van der Waals surface area (Å²) >= 11 is 0. The van der Waals surface area contributed by atoms with Crippen LogP contribution in [-0.2, 0) is 9.31 Å². The summed E-state index contributed by atoms with van der Waals surface area (Å²) in [7, 11) is -0.919. The van der Waals surface area contributed by atoms with Gasteiger partial charge in [-0.2, -0.15) is 0 Å². The molecule has 0 amide bonds. The van der Waals surface area contributed by atoms with Gasteiger partial charge in [-0.15, -0.1) is 0 Å². The molecule has 0 aromatic heterocycles. The van der Waals surface area contributed by atoms with Crippen LogP contribution in [0, 0.1) is 17.3 Å². The molecule has 1 N–H and O–H groups in total. The van der Waals surface area contributed by atoms with Crippen LogP contribution in [0.15, 0.2) is 11.3 Å². The summed E-state index contributed by atoms with van der Waals surface area (Å²) in [5, 5.41) is 10.9. The second-order valence-electron chi connectivity index (χ2n) is 10.0. The van der Waals surface area contributed by atoms with E-state index in [1.807, 2.05) is 34.6 Å². The van der Waals surface area contributed by atoms with Crippen molar-refractivity contribution in [3.05, 3.63) is 11.3 Å². The highest BCUT2D eigenvalue weighted by atomic mass is 19.1. The predicted octanol–water partition coefficient (Wildman–Crippen LogP) is 4.19. The third-order valence-corrected chi connectivity index (χ3v) is 7.64. The lowest BCUT2D eigenvalue weighted by Gasteiger charge is -2.60. The van der Waals surface area contributed by atoms with Crippen LogP contribution in [0.3, 0.4) is 0 Å². The van der Waals surface area contributed by atoms with Gasteiger partial charge >= 0.3 is 7.12 Å². The van der Waals surface area contributed by atoms with Gasteiger partial charge in [0, 0.05) is 0 Å². The van der Waals surface area contributed by atoms with Crippen molar-refractivity contribution in [2.75, 3.05) is 0 Å². The molecular formula is C19H30BFO3. The maximum absolute atomic E-state index is 15.4. The number of aliphatic hydroxyl groups is 1. The summed E-state index contributed by atoms with van der Waals surface area (Å²) in [4.78, 5) is 0. The van der Waals surface area contributed by atoms with Gasteiger partial charge in [-0.25, -0.2) is 4.39 Å². The van der Waals surface area contributed by atoms with Gasteiger partial charge in [0.1, 0.15) is 5.73 Å². The van der Waals surface area contributed by atoms with E-state index in [-0.39, 0.29) is 11.1 Å². The molecule has 4 aliphatic carbocycles. The second kappa shape index (κ2) is 4.86. The molecule has 0 spiro atoms. The van der Waals surface area contributed by atoms with Gasteiger partial charge in [-0.1, -0.05) is 0 Å². The summed E-state index contributed by atoms with van der Waals surface area (Å²) < 4.78 is 27.2. The number of halogens is 1. The van der Waals surface area contributed by atoms with Crippen LogP contribution >= 0.6 is 0 Å². The molecule has 3 nitrogen and oxygen atoms in total. The molecule has 0 aromatic carbocycles. The molecule has 5 aliphatic rings. The van der Waals surface area contributed by atoms with Gasteiger partial charge in [0.05, 0.1) is 16.8 Å². The minimum absolute atomic E-state index is 0.202. The van der Waals surface area contributed by atoms with Crippen molar-refractivity contribution >= 4 is 7.12 Å². The lowest BCUT2D eigenvalue weighted by atomic mass is 9.46. The largest absolute Gasteiger partial charge is 0.525 e. The maximum Gasteiger partial charge on any atom is 0.525 e. The summed E-state index contributed by atoms with van der Waals surface area (Å²) in [5.41, 5.74) is -1.36. The topological polar surface area (TPSA) is 38.7 Å². The van der Waals surface area contributed by atoms with Crippen LogP contribution in [-0.4, -0.2) is 29.0 Å². The van der Waals surface area contributed by atoms with Crippen molar-refractivity contribution in [2.45, 2.75) is 89.9 Å². The standard InChI is InChI=1S/C19H30BFO3/c1-12(15(21)20-23-16(2,3)17(4,5)24-20)18-7-13-6-14(8-18)10-19(22,9-13)11-18/h13-14,22H,6-11H2,1-5H3. The molecule has 24 heavy (non-hydrogen) atoms. The van der Waals surface area contributed by atoms with Crippen molar-refractivity contribution in [1.82, 2.24) is 0 Å². The molecule has 0 aromatic rings. The summed E-state index contributed by atoms with van der Waals surface area (Å²) in [6.45, 7) is 9.69. The van der Waals surface area contributed by atoms with Gasteiger partial charge < -0.3 is 14.4 Å². The van der Waals surface area contributed by atoms with Crippen molar-refractivity contribution in [1.29, 1.82) is 0 Å². The zero-order valence-electron chi connectivity index (χ0n) is 15.6. The van der Waals surface area contributed by atoms with E-state index in [2.05, 4.69) is 0 Å². The average molecular weight is 336 g/mol. The molecule has 0 radical (unpaired) electrons. The Morgan fingerprint density at radius 3 is 1.96 bits per heavy atom. The van der Waals surface area contributed by atoms with Crippen LogP contribution in [0.1, 0.15) is 73.1 Å². The predicted molar refractivity (Wildman–Crippen MR) is 92.0 cm³/mol. The molecule has 2 unspecified atom stereocenters. The Morgan fingerprint density at radius 2 is 1.50 bits per heavy atom. The molecule has 4 bridgehead atoms. The van der Waals surface area contributed by atoms with Gasteiger partial charge in [0.25, 0.3) is 0 Å². The first-order valence-corrected chi connectivity index (χ1v) is 9.40. The van der Waals surface area contributed by atoms with E-state index in [1.54, 1.807) is 0 Å². The van der Waals surface area contributed by atoms with E-state index in [0.29, 0.717) is 18.3 Å². The minimum atomic E-state index is -0.919. The van der Waals surface area contributed by atoms with Crippen molar-refractivity contribution < 1.29 is 18.8 Å². The molecule has 1 saturated heterocycles. The number of allylic oxidation sites excluding steroid dienone is 1. The van der Waals surface area contributed by atoms with Gasteiger partial charge in [0.2, 0.25) is 0 Å². The summed E-state index contributed by atoms with van der Waals surface area (Å²) in [5.74, 6) is 1.08. The zero-order chi connectivity index (χ0) is 17.5. The fourth-order valence-corrected chi connectivity index (χ4v) is 6.03. The number of rotatable bonds is 2. The molecule has 1 aliphatic heterocycles.